The van der Waals surface area contributed by atoms with Crippen molar-refractivity contribution in [3.8, 4) is 0 Å². The van der Waals surface area contributed by atoms with Crippen molar-refractivity contribution >= 4 is 17.8 Å². The highest BCUT2D eigenvalue weighted by atomic mass is 16.7. The van der Waals surface area contributed by atoms with E-state index in [-0.39, 0.29) is 29.1 Å². The number of nitrogens with zero attached hydrogens (tertiary/aromatic N) is 4. The average molecular weight is 364 g/mol. The lowest BCUT2D eigenvalue weighted by atomic mass is 10.1. The van der Waals surface area contributed by atoms with E-state index < -0.39 is 24.0 Å². The zero-order valence-electron chi connectivity index (χ0n) is 14.5. The van der Waals surface area contributed by atoms with Crippen molar-refractivity contribution in [2.45, 2.75) is 32.4 Å². The molecular weight excluding hydrogens is 344 g/mol. The molecular formula is C16H20N4O6. The average Bonchev–Trinajstić information content (AvgIpc) is 2.87. The van der Waals surface area contributed by atoms with Crippen LogP contribution in [0.3, 0.4) is 0 Å². The fourth-order valence-corrected chi connectivity index (χ4v) is 2.46. The highest BCUT2D eigenvalue weighted by Gasteiger charge is 2.39. The lowest BCUT2D eigenvalue weighted by Gasteiger charge is -2.19. The van der Waals surface area contributed by atoms with Crippen molar-refractivity contribution in [2.75, 3.05) is 13.6 Å². The maximum absolute atomic E-state index is 12.3. The molecule has 0 bridgehead atoms. The van der Waals surface area contributed by atoms with Gasteiger partial charge in [-0.2, -0.15) is 0 Å². The smallest absolute Gasteiger partial charge is 0.303 e. The summed E-state index contributed by atoms with van der Waals surface area (Å²) in [6.07, 6.45) is -0.110. The van der Waals surface area contributed by atoms with Crippen molar-refractivity contribution < 1.29 is 29.3 Å². The van der Waals surface area contributed by atoms with Crippen LogP contribution in [-0.2, 0) is 9.63 Å². The molecule has 0 aromatic heterocycles. The molecule has 140 valence electrons. The number of unbranched alkanes of at least 4 members (excludes halogenated alkanes) is 1. The van der Waals surface area contributed by atoms with Crippen LogP contribution in [0.1, 0.15) is 46.9 Å². The van der Waals surface area contributed by atoms with Crippen LogP contribution in [0.2, 0.25) is 0 Å². The largest absolute Gasteiger partial charge is 0.569 e. The van der Waals surface area contributed by atoms with Gasteiger partial charge in [0.15, 0.2) is 0 Å². The maximum Gasteiger partial charge on any atom is 0.303 e. The van der Waals surface area contributed by atoms with Gasteiger partial charge >= 0.3 is 5.97 Å². The van der Waals surface area contributed by atoms with E-state index in [4.69, 9.17) is 9.94 Å². The summed E-state index contributed by atoms with van der Waals surface area (Å²) in [7, 11) is 1.47. The summed E-state index contributed by atoms with van der Waals surface area (Å²) in [5, 5.41) is 24.9. The first-order valence-corrected chi connectivity index (χ1v) is 8.06. The number of rotatable bonds is 9. The van der Waals surface area contributed by atoms with Gasteiger partial charge in [0.25, 0.3) is 11.8 Å². The van der Waals surface area contributed by atoms with Gasteiger partial charge in [0, 0.05) is 6.42 Å². The number of hydrogen-bond acceptors (Lipinski definition) is 6. The van der Waals surface area contributed by atoms with E-state index in [1.807, 2.05) is 0 Å². The molecule has 1 aromatic rings. The third kappa shape index (κ3) is 4.26. The predicted molar refractivity (Wildman–Crippen MR) is 87.7 cm³/mol. The van der Waals surface area contributed by atoms with Crippen molar-refractivity contribution in [2.24, 2.45) is 5.28 Å². The molecule has 1 atom stereocenters. The molecule has 2 amide bonds. The molecule has 0 aliphatic carbocycles. The fourth-order valence-electron chi connectivity index (χ4n) is 2.46. The van der Waals surface area contributed by atoms with Gasteiger partial charge in [0.1, 0.15) is 0 Å². The first-order chi connectivity index (χ1) is 12.3. The summed E-state index contributed by atoms with van der Waals surface area (Å²) >= 11 is 0. The normalized spacial score (nSPS) is 15.0. The number of carboxylic acids is 1. The molecule has 0 saturated heterocycles. The predicted octanol–water partition coefficient (Wildman–Crippen LogP) is 1.62. The molecule has 0 saturated carbocycles. The summed E-state index contributed by atoms with van der Waals surface area (Å²) in [6.45, 7) is 1.72. The van der Waals surface area contributed by atoms with E-state index in [1.165, 1.54) is 19.0 Å². The zero-order valence-corrected chi connectivity index (χ0v) is 14.5. The van der Waals surface area contributed by atoms with Gasteiger partial charge in [-0.05, 0) is 31.9 Å². The molecule has 1 unspecified atom stereocenters. The van der Waals surface area contributed by atoms with Gasteiger partial charge in [-0.15, -0.1) is 5.01 Å². The molecule has 1 N–H and O–H groups in total. The molecule has 0 spiro atoms. The van der Waals surface area contributed by atoms with Crippen LogP contribution in [0.5, 0.6) is 0 Å². The molecule has 1 aliphatic rings. The van der Waals surface area contributed by atoms with E-state index >= 15 is 0 Å². The van der Waals surface area contributed by atoms with Crippen molar-refractivity contribution in [1.82, 2.24) is 9.91 Å². The summed E-state index contributed by atoms with van der Waals surface area (Å²) in [6, 6.07) is 6.40. The lowest BCUT2D eigenvalue weighted by Crippen LogP contribution is -2.39. The van der Waals surface area contributed by atoms with Crippen LogP contribution >= 0.6 is 0 Å². The third-order valence-corrected chi connectivity index (χ3v) is 3.87. The molecule has 10 heteroatoms. The lowest BCUT2D eigenvalue weighted by molar-refractivity contribution is -0.707. The van der Waals surface area contributed by atoms with Crippen molar-refractivity contribution in [1.29, 1.82) is 0 Å². The molecule has 0 radical (unpaired) electrons. The quantitative estimate of drug-likeness (QED) is 0.232. The van der Waals surface area contributed by atoms with Crippen molar-refractivity contribution in [3.05, 3.63) is 40.6 Å². The molecule has 0 fully saturated rings. The maximum atomic E-state index is 12.3. The van der Waals surface area contributed by atoms with E-state index in [9.17, 15) is 19.6 Å². The molecule has 1 aliphatic heterocycles. The van der Waals surface area contributed by atoms with E-state index in [2.05, 4.69) is 5.28 Å². The third-order valence-electron chi connectivity index (χ3n) is 3.87. The summed E-state index contributed by atoms with van der Waals surface area (Å²) in [4.78, 5) is 41.1. The van der Waals surface area contributed by atoms with E-state index in [1.54, 1.807) is 24.3 Å². The second-order valence-electron chi connectivity index (χ2n) is 5.80. The van der Waals surface area contributed by atoms with E-state index in [0.29, 0.717) is 12.8 Å². The zero-order chi connectivity index (χ0) is 19.3. The van der Waals surface area contributed by atoms with E-state index in [0.717, 1.165) is 4.90 Å². The molecule has 26 heavy (non-hydrogen) atoms. The Morgan fingerprint density at radius 1 is 1.31 bits per heavy atom. The van der Waals surface area contributed by atoms with Crippen LogP contribution in [-0.4, -0.2) is 57.6 Å². The van der Waals surface area contributed by atoms with Gasteiger partial charge in [0.2, 0.25) is 11.5 Å². The number of hydrazine groups is 1. The van der Waals surface area contributed by atoms with Crippen LogP contribution in [0, 0.1) is 5.21 Å². The standard InChI is InChI=1S/C16H20N4O6/c1-11(19-15(23)12-7-3-4-8-13(12)16(19)24)26-17-20(25)18(2)10-6-5-9-14(21)22/h3-4,7-8,11H,5-6,9-10H2,1-2H3,(H,21,22)/b20-17-. The molecule has 1 heterocycles. The summed E-state index contributed by atoms with van der Waals surface area (Å²) < 4.78 is 0. The SMILES string of the molecule is CC(O/N=[N+](\[O-])N(C)CCCCC(=O)O)N1C(=O)c2ccccc2C1=O. The van der Waals surface area contributed by atoms with Crippen LogP contribution in [0.15, 0.2) is 29.5 Å². The van der Waals surface area contributed by atoms with Gasteiger partial charge in [0.05, 0.1) is 29.7 Å². The number of amides is 2. The Labute approximate surface area is 149 Å². The first-order valence-electron chi connectivity index (χ1n) is 8.06. The highest BCUT2D eigenvalue weighted by molar-refractivity contribution is 6.21. The number of imide groups is 1. The molecule has 1 aromatic carbocycles. The number of carbonyl (C=O) groups is 3. The summed E-state index contributed by atoms with van der Waals surface area (Å²) in [5.74, 6) is -1.91. The topological polar surface area (TPSA) is 126 Å². The minimum absolute atomic E-state index is 0.0249. The van der Waals surface area contributed by atoms with Crippen LogP contribution < -0.4 is 0 Å². The second kappa shape index (κ2) is 8.28. The number of carboxylic acid groups (broad SMARTS) is 1. The number of hydrogen-bond donors (Lipinski definition) is 1. The monoisotopic (exact) mass is 364 g/mol. The summed E-state index contributed by atoms with van der Waals surface area (Å²) in [5.41, 5.74) is 0.560. The Balaban J connectivity index is 1.90. The number of aliphatic carboxylic acids is 1. The highest BCUT2D eigenvalue weighted by Crippen LogP contribution is 2.24. The first kappa shape index (κ1) is 19.2. The number of carbonyl (C=O) groups excluding carboxylic acids is 2. The Bertz CT molecular complexity index is 700. The van der Waals surface area contributed by atoms with Gasteiger partial charge < -0.3 is 15.2 Å². The minimum atomic E-state index is -1.06. The fraction of sp³-hybridized carbons (Fsp3) is 0.438. The van der Waals surface area contributed by atoms with Crippen molar-refractivity contribution in [3.63, 3.8) is 0 Å². The van der Waals surface area contributed by atoms with Gasteiger partial charge in [-0.3, -0.25) is 14.4 Å². The Hall–Kier alpha value is -3.17. The Kier molecular flexibility index (Phi) is 6.10. The Morgan fingerprint density at radius 3 is 2.42 bits per heavy atom. The second-order valence-corrected chi connectivity index (χ2v) is 5.80. The molecule has 10 nitrogen and oxygen atoms in total. The number of fused-ring (bicyclic) bond motifs is 1. The molecule has 2 rings (SSSR count). The van der Waals surface area contributed by atoms with Gasteiger partial charge in [-0.25, -0.2) is 4.90 Å². The number of benzene rings is 1. The minimum Gasteiger partial charge on any atom is -0.569 e. The van der Waals surface area contributed by atoms with Gasteiger partial charge in [-0.1, -0.05) is 12.1 Å². The van der Waals surface area contributed by atoms with Crippen LogP contribution in [0.25, 0.3) is 0 Å². The van der Waals surface area contributed by atoms with Crippen LogP contribution in [0.4, 0.5) is 0 Å². The Morgan fingerprint density at radius 2 is 1.88 bits per heavy atom.